The Bertz CT molecular complexity index is 795. The molecule has 7 heteroatoms. The van der Waals surface area contributed by atoms with Crippen LogP contribution in [0.4, 0.5) is 4.79 Å². The summed E-state index contributed by atoms with van der Waals surface area (Å²) in [6, 6.07) is 12.8. The highest BCUT2D eigenvalue weighted by molar-refractivity contribution is 7.10. The molecule has 2 amide bonds. The van der Waals surface area contributed by atoms with Gasteiger partial charge in [0.2, 0.25) is 0 Å². The van der Waals surface area contributed by atoms with Gasteiger partial charge in [0.15, 0.2) is 0 Å². The number of urea groups is 1. The smallest absolute Gasteiger partial charge is 0.314 e. The van der Waals surface area contributed by atoms with Crippen molar-refractivity contribution >= 4 is 17.4 Å². The van der Waals surface area contributed by atoms with Crippen molar-refractivity contribution in [2.45, 2.75) is 12.0 Å². The van der Waals surface area contributed by atoms with Gasteiger partial charge >= 0.3 is 6.03 Å². The molecule has 2 heterocycles. The number of rotatable bonds is 8. The molecule has 0 aliphatic heterocycles. The molecule has 142 valence electrons. The van der Waals surface area contributed by atoms with Gasteiger partial charge in [-0.1, -0.05) is 18.2 Å². The normalized spacial score (nSPS) is 13.0. The number of nitrogens with one attached hydrogen (secondary N) is 2. The van der Waals surface area contributed by atoms with Crippen LogP contribution in [0.3, 0.4) is 0 Å². The van der Waals surface area contributed by atoms with Gasteiger partial charge in [-0.15, -0.1) is 11.3 Å². The Morgan fingerprint density at radius 2 is 2.04 bits per heavy atom. The van der Waals surface area contributed by atoms with Gasteiger partial charge in [-0.2, -0.15) is 0 Å². The second-order valence-electron chi connectivity index (χ2n) is 6.06. The van der Waals surface area contributed by atoms with Crippen molar-refractivity contribution in [3.8, 4) is 5.75 Å². The third-order valence-corrected chi connectivity index (χ3v) is 5.31. The Morgan fingerprint density at radius 1 is 1.22 bits per heavy atom. The molecular formula is C20H22N2O4S. The van der Waals surface area contributed by atoms with Crippen LogP contribution in [0.2, 0.25) is 0 Å². The van der Waals surface area contributed by atoms with Gasteiger partial charge in [0, 0.05) is 17.0 Å². The molecule has 0 bridgehead atoms. The van der Waals surface area contributed by atoms with Crippen molar-refractivity contribution in [1.82, 2.24) is 10.6 Å². The Morgan fingerprint density at radius 3 is 2.67 bits per heavy atom. The Balaban J connectivity index is 1.52. The van der Waals surface area contributed by atoms with Crippen LogP contribution >= 0.6 is 11.3 Å². The lowest BCUT2D eigenvalue weighted by Crippen LogP contribution is -2.45. The van der Waals surface area contributed by atoms with Gasteiger partial charge in [-0.25, -0.2) is 4.79 Å². The Kier molecular flexibility index (Phi) is 6.16. The summed E-state index contributed by atoms with van der Waals surface area (Å²) in [5, 5.41) is 18.6. The summed E-state index contributed by atoms with van der Waals surface area (Å²) in [5.41, 5.74) is 0.377. The number of amides is 2. The van der Waals surface area contributed by atoms with E-state index in [2.05, 4.69) is 10.6 Å². The molecule has 3 N–H and O–H groups in total. The number of carbonyl (C=O) groups is 1. The van der Waals surface area contributed by atoms with Crippen LogP contribution in [-0.4, -0.2) is 31.3 Å². The molecule has 0 radical (unpaired) electrons. The molecule has 0 saturated carbocycles. The molecule has 6 nitrogen and oxygen atoms in total. The van der Waals surface area contributed by atoms with Crippen LogP contribution in [0.5, 0.6) is 5.75 Å². The molecular weight excluding hydrogens is 364 g/mol. The van der Waals surface area contributed by atoms with Crippen molar-refractivity contribution in [3.63, 3.8) is 0 Å². The Hall–Kier alpha value is -2.77. The zero-order valence-corrected chi connectivity index (χ0v) is 15.8. The van der Waals surface area contributed by atoms with Crippen LogP contribution in [0, 0.1) is 0 Å². The van der Waals surface area contributed by atoms with Crippen LogP contribution in [0.1, 0.15) is 16.0 Å². The van der Waals surface area contributed by atoms with Gasteiger partial charge in [0.1, 0.15) is 11.4 Å². The molecule has 1 aromatic carbocycles. The van der Waals surface area contributed by atoms with E-state index in [0.717, 1.165) is 16.2 Å². The van der Waals surface area contributed by atoms with E-state index in [-0.39, 0.29) is 12.6 Å². The number of methoxy groups -OCH3 is 1. The van der Waals surface area contributed by atoms with Crippen molar-refractivity contribution in [2.75, 3.05) is 20.2 Å². The number of aliphatic hydroxyl groups is 1. The largest absolute Gasteiger partial charge is 0.497 e. The van der Waals surface area contributed by atoms with Crippen molar-refractivity contribution < 1.29 is 19.1 Å². The number of furan rings is 1. The molecule has 3 rings (SSSR count). The Labute approximate surface area is 161 Å². The fourth-order valence-electron chi connectivity index (χ4n) is 2.73. The first kappa shape index (κ1) is 19.0. The number of ether oxygens (including phenoxy) is 1. The third kappa shape index (κ3) is 4.69. The van der Waals surface area contributed by atoms with E-state index in [1.54, 1.807) is 13.2 Å². The average molecular weight is 386 g/mol. The average Bonchev–Trinajstić information content (AvgIpc) is 3.41. The van der Waals surface area contributed by atoms with Crippen LogP contribution < -0.4 is 15.4 Å². The number of benzene rings is 1. The van der Waals surface area contributed by atoms with Crippen LogP contribution in [-0.2, 0) is 12.0 Å². The highest BCUT2D eigenvalue weighted by atomic mass is 32.1. The predicted molar refractivity (Wildman–Crippen MR) is 104 cm³/mol. The summed E-state index contributed by atoms with van der Waals surface area (Å²) >= 11 is 1.42. The minimum atomic E-state index is -1.32. The van der Waals surface area contributed by atoms with Crippen molar-refractivity contribution in [2.24, 2.45) is 0 Å². The monoisotopic (exact) mass is 386 g/mol. The van der Waals surface area contributed by atoms with Gasteiger partial charge in [0.05, 0.1) is 26.2 Å². The first-order valence-corrected chi connectivity index (χ1v) is 9.43. The molecule has 0 fully saturated rings. The van der Waals surface area contributed by atoms with Gasteiger partial charge in [0.25, 0.3) is 0 Å². The maximum Gasteiger partial charge on any atom is 0.314 e. The van der Waals surface area contributed by atoms with E-state index in [4.69, 9.17) is 9.15 Å². The highest BCUT2D eigenvalue weighted by Gasteiger charge is 2.34. The van der Waals surface area contributed by atoms with Crippen LogP contribution in [0.15, 0.2) is 64.8 Å². The third-order valence-electron chi connectivity index (χ3n) is 4.29. The summed E-state index contributed by atoms with van der Waals surface area (Å²) in [7, 11) is 1.63. The molecule has 2 aromatic heterocycles. The first-order chi connectivity index (χ1) is 13.1. The lowest BCUT2D eigenvalue weighted by Gasteiger charge is -2.26. The lowest BCUT2D eigenvalue weighted by atomic mass is 9.94. The molecule has 1 atom stereocenters. The van der Waals surface area contributed by atoms with E-state index in [1.165, 1.54) is 23.9 Å². The number of thiophene rings is 1. The minimum absolute atomic E-state index is 0.0431. The number of hydrogen-bond donors (Lipinski definition) is 3. The molecule has 27 heavy (non-hydrogen) atoms. The zero-order valence-electron chi connectivity index (χ0n) is 15.0. The van der Waals surface area contributed by atoms with E-state index in [0.29, 0.717) is 18.5 Å². The van der Waals surface area contributed by atoms with Crippen LogP contribution in [0.25, 0.3) is 0 Å². The maximum atomic E-state index is 12.1. The summed E-state index contributed by atoms with van der Waals surface area (Å²) in [5.74, 6) is 0.802. The topological polar surface area (TPSA) is 83.7 Å². The quantitative estimate of drug-likeness (QED) is 0.555. The second-order valence-corrected chi connectivity index (χ2v) is 7.00. The van der Waals surface area contributed by atoms with E-state index in [9.17, 15) is 9.90 Å². The molecule has 0 spiro atoms. The highest BCUT2D eigenvalue weighted by Crippen LogP contribution is 2.32. The molecule has 3 aromatic rings. The SMILES string of the molecule is COc1ccc(CCNC(=O)NCC(O)(c2ccoc2)c2cccs2)cc1. The fourth-order valence-corrected chi connectivity index (χ4v) is 3.57. The van der Waals surface area contributed by atoms with Crippen molar-refractivity contribution in [1.29, 1.82) is 0 Å². The lowest BCUT2D eigenvalue weighted by molar-refractivity contribution is 0.0852. The molecule has 0 aliphatic carbocycles. The van der Waals surface area contributed by atoms with Crippen molar-refractivity contribution in [3.05, 3.63) is 76.4 Å². The molecule has 1 unspecified atom stereocenters. The van der Waals surface area contributed by atoms with E-state index < -0.39 is 5.60 Å². The van der Waals surface area contributed by atoms with E-state index >= 15 is 0 Å². The number of carbonyl (C=O) groups excluding carboxylic acids is 1. The van der Waals surface area contributed by atoms with Gasteiger partial charge < -0.3 is 24.9 Å². The van der Waals surface area contributed by atoms with Gasteiger partial charge in [-0.3, -0.25) is 0 Å². The first-order valence-electron chi connectivity index (χ1n) is 8.55. The van der Waals surface area contributed by atoms with E-state index in [1.807, 2.05) is 41.8 Å². The summed E-state index contributed by atoms with van der Waals surface area (Å²) in [6.45, 7) is 0.530. The summed E-state index contributed by atoms with van der Waals surface area (Å²) in [4.78, 5) is 12.9. The zero-order chi connectivity index (χ0) is 19.1. The minimum Gasteiger partial charge on any atom is -0.497 e. The fraction of sp³-hybridized carbons (Fsp3) is 0.250. The second kappa shape index (κ2) is 8.75. The number of hydrogen-bond acceptors (Lipinski definition) is 5. The molecule has 0 saturated heterocycles. The summed E-state index contributed by atoms with van der Waals surface area (Å²) < 4.78 is 10.2. The summed E-state index contributed by atoms with van der Waals surface area (Å²) in [6.07, 6.45) is 3.69. The predicted octanol–water partition coefficient (Wildman–Crippen LogP) is 3.13. The van der Waals surface area contributed by atoms with Gasteiger partial charge in [-0.05, 0) is 41.6 Å². The maximum absolute atomic E-state index is 12.1. The molecule has 0 aliphatic rings. The standard InChI is InChI=1S/C20H22N2O4S/c1-25-17-6-4-15(5-7-17)8-10-21-19(23)22-14-20(24,16-9-11-26-13-16)18-3-2-12-27-18/h2-7,9,11-13,24H,8,10,14H2,1H3,(H2,21,22,23).